The van der Waals surface area contributed by atoms with Crippen molar-refractivity contribution in [3.63, 3.8) is 0 Å². The molecule has 5 nitrogen and oxygen atoms in total. The van der Waals surface area contributed by atoms with E-state index in [0.29, 0.717) is 6.54 Å². The van der Waals surface area contributed by atoms with Gasteiger partial charge in [0.25, 0.3) is 0 Å². The Hall–Kier alpha value is -0.810. The molecule has 0 spiro atoms. The number of hydrogen-bond donors (Lipinski definition) is 2. The monoisotopic (exact) mass is 244 g/mol. The van der Waals surface area contributed by atoms with Crippen LogP contribution in [-0.4, -0.2) is 54.0 Å². The lowest BCUT2D eigenvalue weighted by atomic mass is 10.1. The topological polar surface area (TPSA) is 61.8 Å². The van der Waals surface area contributed by atoms with Crippen LogP contribution in [0.5, 0.6) is 0 Å². The van der Waals surface area contributed by atoms with Crippen molar-refractivity contribution in [2.75, 3.05) is 26.2 Å². The smallest absolute Gasteiger partial charge is 0.407 e. The summed E-state index contributed by atoms with van der Waals surface area (Å²) in [5.41, 5.74) is -0.455. The predicted molar refractivity (Wildman–Crippen MR) is 65.9 cm³/mol. The Morgan fingerprint density at radius 2 is 2.24 bits per heavy atom. The van der Waals surface area contributed by atoms with Gasteiger partial charge in [-0.15, -0.1) is 0 Å². The first kappa shape index (κ1) is 14.3. The van der Waals surface area contributed by atoms with E-state index in [0.717, 1.165) is 25.9 Å². The lowest BCUT2D eigenvalue weighted by Crippen LogP contribution is -2.49. The van der Waals surface area contributed by atoms with Crippen LogP contribution in [0.25, 0.3) is 0 Å². The molecule has 0 aromatic rings. The molecule has 17 heavy (non-hydrogen) atoms. The standard InChI is InChI=1S/C12H24N2O3/c1-12(2,3)17-11(16)13-10-5-4-6-14(9-10)7-8-15/h10,15H,4-9H2,1-3H3,(H,13,16)/t10-/m1/s1. The van der Waals surface area contributed by atoms with E-state index in [1.807, 2.05) is 20.8 Å². The van der Waals surface area contributed by atoms with Crippen LogP contribution in [0, 0.1) is 0 Å². The van der Waals surface area contributed by atoms with Gasteiger partial charge in [0.15, 0.2) is 0 Å². The van der Waals surface area contributed by atoms with Gasteiger partial charge in [0.2, 0.25) is 0 Å². The van der Waals surface area contributed by atoms with Crippen molar-refractivity contribution in [1.82, 2.24) is 10.2 Å². The fourth-order valence-electron chi connectivity index (χ4n) is 1.99. The minimum Gasteiger partial charge on any atom is -0.444 e. The molecule has 0 saturated carbocycles. The van der Waals surface area contributed by atoms with Gasteiger partial charge in [0.1, 0.15) is 5.60 Å². The summed E-state index contributed by atoms with van der Waals surface area (Å²) in [7, 11) is 0. The zero-order chi connectivity index (χ0) is 12.9. The first-order valence-corrected chi connectivity index (χ1v) is 6.23. The van der Waals surface area contributed by atoms with Gasteiger partial charge in [-0.05, 0) is 40.2 Å². The molecule has 1 heterocycles. The first-order valence-electron chi connectivity index (χ1n) is 6.23. The number of ether oxygens (including phenoxy) is 1. The third-order valence-electron chi connectivity index (χ3n) is 2.64. The van der Waals surface area contributed by atoms with Crippen molar-refractivity contribution in [3.8, 4) is 0 Å². The fourth-order valence-corrected chi connectivity index (χ4v) is 1.99. The summed E-state index contributed by atoms with van der Waals surface area (Å²) in [6, 6.07) is 0.130. The Labute approximate surface area is 103 Å². The van der Waals surface area contributed by atoms with Gasteiger partial charge in [0.05, 0.1) is 6.61 Å². The number of alkyl carbamates (subject to hydrolysis) is 1. The van der Waals surface area contributed by atoms with Crippen LogP contribution in [0.2, 0.25) is 0 Å². The van der Waals surface area contributed by atoms with Gasteiger partial charge in [-0.25, -0.2) is 4.79 Å². The van der Waals surface area contributed by atoms with Gasteiger partial charge >= 0.3 is 6.09 Å². The molecule has 1 aliphatic heterocycles. The highest BCUT2D eigenvalue weighted by atomic mass is 16.6. The molecule has 5 heteroatoms. The molecule has 0 unspecified atom stereocenters. The first-order chi connectivity index (χ1) is 7.90. The highest BCUT2D eigenvalue weighted by Crippen LogP contribution is 2.11. The fraction of sp³-hybridized carbons (Fsp3) is 0.917. The molecule has 0 aliphatic carbocycles. The van der Waals surface area contributed by atoms with Crippen molar-refractivity contribution in [2.24, 2.45) is 0 Å². The summed E-state index contributed by atoms with van der Waals surface area (Å²) >= 11 is 0. The normalized spacial score (nSPS) is 22.2. The van der Waals surface area contributed by atoms with Crippen LogP contribution < -0.4 is 5.32 Å². The van der Waals surface area contributed by atoms with E-state index in [9.17, 15) is 4.79 Å². The number of rotatable bonds is 3. The number of nitrogens with zero attached hydrogens (tertiary/aromatic N) is 1. The lowest BCUT2D eigenvalue weighted by molar-refractivity contribution is 0.0468. The number of aliphatic hydroxyl groups excluding tert-OH is 1. The van der Waals surface area contributed by atoms with Crippen LogP contribution in [0.15, 0.2) is 0 Å². The number of carbonyl (C=O) groups excluding carboxylic acids is 1. The number of hydrogen-bond acceptors (Lipinski definition) is 4. The quantitative estimate of drug-likeness (QED) is 0.776. The molecule has 1 saturated heterocycles. The second-order valence-corrected chi connectivity index (χ2v) is 5.51. The number of carbonyl (C=O) groups is 1. The van der Waals surface area contributed by atoms with Crippen LogP contribution >= 0.6 is 0 Å². The molecule has 2 N–H and O–H groups in total. The van der Waals surface area contributed by atoms with Crippen molar-refractivity contribution >= 4 is 6.09 Å². The van der Waals surface area contributed by atoms with E-state index in [2.05, 4.69) is 10.2 Å². The molecule has 1 aliphatic rings. The van der Waals surface area contributed by atoms with Gasteiger partial charge in [-0.2, -0.15) is 0 Å². The Bertz CT molecular complexity index is 249. The third-order valence-corrected chi connectivity index (χ3v) is 2.64. The highest BCUT2D eigenvalue weighted by Gasteiger charge is 2.23. The van der Waals surface area contributed by atoms with Gasteiger partial charge in [-0.3, -0.25) is 4.90 Å². The Morgan fingerprint density at radius 3 is 2.82 bits per heavy atom. The maximum absolute atomic E-state index is 11.6. The van der Waals surface area contributed by atoms with Crippen LogP contribution in [0.4, 0.5) is 4.79 Å². The summed E-state index contributed by atoms with van der Waals surface area (Å²) < 4.78 is 5.22. The minimum absolute atomic E-state index is 0.130. The maximum atomic E-state index is 11.6. The van der Waals surface area contributed by atoms with Crippen molar-refractivity contribution in [1.29, 1.82) is 0 Å². The van der Waals surface area contributed by atoms with Gasteiger partial charge < -0.3 is 15.2 Å². The van der Waals surface area contributed by atoms with E-state index in [1.165, 1.54) is 0 Å². The zero-order valence-electron chi connectivity index (χ0n) is 11.0. The number of likely N-dealkylation sites (tertiary alicyclic amines) is 1. The Balaban J connectivity index is 2.33. The number of β-amino-alcohol motifs (C(OH)–C–C–N with tert-alkyl or cyclic N) is 1. The van der Waals surface area contributed by atoms with Crippen LogP contribution in [0.3, 0.4) is 0 Å². The molecule has 1 amide bonds. The van der Waals surface area contributed by atoms with Gasteiger partial charge in [-0.1, -0.05) is 0 Å². The Kier molecular flexibility index (Phi) is 5.21. The van der Waals surface area contributed by atoms with Crippen LogP contribution in [-0.2, 0) is 4.74 Å². The minimum atomic E-state index is -0.455. The van der Waals surface area contributed by atoms with E-state index in [4.69, 9.17) is 9.84 Å². The Morgan fingerprint density at radius 1 is 1.53 bits per heavy atom. The molecule has 1 atom stereocenters. The number of nitrogens with one attached hydrogen (secondary N) is 1. The second-order valence-electron chi connectivity index (χ2n) is 5.51. The summed E-state index contributed by atoms with van der Waals surface area (Å²) in [6.07, 6.45) is 1.66. The average molecular weight is 244 g/mol. The summed E-state index contributed by atoms with van der Waals surface area (Å²) in [5.74, 6) is 0. The molecule has 100 valence electrons. The highest BCUT2D eigenvalue weighted by molar-refractivity contribution is 5.68. The summed E-state index contributed by atoms with van der Waals surface area (Å²) in [6.45, 7) is 8.18. The number of piperidine rings is 1. The van der Waals surface area contributed by atoms with Crippen molar-refractivity contribution < 1.29 is 14.6 Å². The largest absolute Gasteiger partial charge is 0.444 e. The lowest BCUT2D eigenvalue weighted by Gasteiger charge is -2.33. The van der Waals surface area contributed by atoms with Crippen molar-refractivity contribution in [2.45, 2.75) is 45.3 Å². The average Bonchev–Trinajstić information content (AvgIpc) is 2.15. The van der Waals surface area contributed by atoms with Gasteiger partial charge in [0, 0.05) is 19.1 Å². The summed E-state index contributed by atoms with van der Waals surface area (Å²) in [4.78, 5) is 13.7. The molecule has 0 bridgehead atoms. The second kappa shape index (κ2) is 6.21. The van der Waals surface area contributed by atoms with E-state index in [1.54, 1.807) is 0 Å². The SMILES string of the molecule is CC(C)(C)OC(=O)N[C@@H]1CCCN(CCO)C1. The molecular weight excluding hydrogens is 220 g/mol. The van der Waals surface area contributed by atoms with Crippen molar-refractivity contribution in [3.05, 3.63) is 0 Å². The summed E-state index contributed by atoms with van der Waals surface area (Å²) in [5, 5.41) is 11.8. The number of amides is 1. The molecule has 0 radical (unpaired) electrons. The number of aliphatic hydroxyl groups is 1. The molecular formula is C12H24N2O3. The molecule has 0 aromatic heterocycles. The zero-order valence-corrected chi connectivity index (χ0v) is 11.0. The third kappa shape index (κ3) is 5.89. The molecule has 1 fully saturated rings. The van der Waals surface area contributed by atoms with E-state index in [-0.39, 0.29) is 18.7 Å². The van der Waals surface area contributed by atoms with Crippen LogP contribution in [0.1, 0.15) is 33.6 Å². The molecule has 1 rings (SSSR count). The molecule has 0 aromatic carbocycles. The van der Waals surface area contributed by atoms with E-state index >= 15 is 0 Å². The predicted octanol–water partition coefficient (Wildman–Crippen LogP) is 0.968. The van der Waals surface area contributed by atoms with E-state index < -0.39 is 5.60 Å². The maximum Gasteiger partial charge on any atom is 0.407 e.